The van der Waals surface area contributed by atoms with Gasteiger partial charge in [0.15, 0.2) is 11.0 Å². The number of carbonyl (C=O) groups excluding carboxylic acids is 1. The summed E-state index contributed by atoms with van der Waals surface area (Å²) in [6.45, 7) is 3.35. The maximum absolute atomic E-state index is 11.9. The highest BCUT2D eigenvalue weighted by Gasteiger charge is 2.45. The number of halogens is 3. The number of ether oxygens (including phenoxy) is 2. The molecule has 1 aromatic heterocycles. The summed E-state index contributed by atoms with van der Waals surface area (Å²) in [7, 11) is 0. The Hall–Kier alpha value is -0.940. The van der Waals surface area contributed by atoms with Crippen LogP contribution in [-0.4, -0.2) is 56.7 Å². The fourth-order valence-electron chi connectivity index (χ4n) is 2.92. The third kappa shape index (κ3) is 4.02. The Morgan fingerprint density at radius 1 is 1.36 bits per heavy atom. The second kappa shape index (κ2) is 8.43. The summed E-state index contributed by atoms with van der Waals surface area (Å²) in [5, 5.41) is 21.5. The van der Waals surface area contributed by atoms with Gasteiger partial charge in [-0.25, -0.2) is 4.98 Å². The van der Waals surface area contributed by atoms with Gasteiger partial charge in [0.05, 0.1) is 21.1 Å². The summed E-state index contributed by atoms with van der Waals surface area (Å²) >= 11 is 15.4. The minimum Gasteiger partial charge on any atom is -0.462 e. The molecule has 0 bridgehead atoms. The van der Waals surface area contributed by atoms with E-state index in [0.29, 0.717) is 25.8 Å². The molecule has 0 radical (unpaired) electrons. The van der Waals surface area contributed by atoms with Crippen molar-refractivity contribution in [3.8, 4) is 0 Å². The lowest BCUT2D eigenvalue weighted by Crippen LogP contribution is -2.40. The molecular formula is C17H20BrCl2N3O5. The number of hydrogen-bond acceptors (Lipinski definition) is 7. The van der Waals surface area contributed by atoms with Crippen molar-refractivity contribution >= 4 is 56.1 Å². The zero-order valence-corrected chi connectivity index (χ0v) is 18.1. The van der Waals surface area contributed by atoms with Gasteiger partial charge >= 0.3 is 5.97 Å². The van der Waals surface area contributed by atoms with Gasteiger partial charge in [-0.3, -0.25) is 9.36 Å². The Morgan fingerprint density at radius 3 is 2.64 bits per heavy atom. The smallest absolute Gasteiger partial charge is 0.323 e. The van der Waals surface area contributed by atoms with E-state index in [1.807, 2.05) is 0 Å². The number of esters is 1. The maximum Gasteiger partial charge on any atom is 0.323 e. The molecule has 1 fully saturated rings. The number of hydrogen-bond donors (Lipinski definition) is 3. The van der Waals surface area contributed by atoms with Crippen LogP contribution in [-0.2, 0) is 14.3 Å². The molecule has 11 heteroatoms. The van der Waals surface area contributed by atoms with Crippen molar-refractivity contribution in [1.82, 2.24) is 9.55 Å². The Morgan fingerprint density at radius 2 is 2.00 bits per heavy atom. The molecule has 0 aliphatic carbocycles. The molecule has 0 saturated carbocycles. The molecule has 1 aliphatic rings. The van der Waals surface area contributed by atoms with Gasteiger partial charge in [-0.05, 0) is 34.0 Å². The molecule has 8 nitrogen and oxygen atoms in total. The number of aliphatic hydroxyl groups excluding tert-OH is 2. The molecule has 28 heavy (non-hydrogen) atoms. The molecule has 2 heterocycles. The van der Waals surface area contributed by atoms with E-state index in [0.717, 1.165) is 0 Å². The van der Waals surface area contributed by atoms with Crippen molar-refractivity contribution in [3.05, 3.63) is 26.9 Å². The topological polar surface area (TPSA) is 120 Å². The van der Waals surface area contributed by atoms with E-state index in [-0.39, 0.29) is 12.5 Å². The zero-order valence-electron chi connectivity index (χ0n) is 15.1. The first-order valence-electron chi connectivity index (χ1n) is 8.58. The second-order valence-corrected chi connectivity index (χ2v) is 8.48. The van der Waals surface area contributed by atoms with Crippen molar-refractivity contribution in [1.29, 1.82) is 0 Å². The SMILES string of the molecule is CC(C)[C@H](N)C(=O)OC[C@H]1O[C@@H](n2c(Br)nc3cc(Cl)c(Cl)cc32)[C@H](O)[C@@H]1O. The lowest BCUT2D eigenvalue weighted by Gasteiger charge is -2.19. The summed E-state index contributed by atoms with van der Waals surface area (Å²) in [5.74, 6) is -0.690. The molecule has 5 atom stereocenters. The number of nitrogens with two attached hydrogens (primary N) is 1. The Kier molecular flexibility index (Phi) is 6.55. The average Bonchev–Trinajstić information content (AvgIpc) is 3.09. The van der Waals surface area contributed by atoms with E-state index >= 15 is 0 Å². The highest BCUT2D eigenvalue weighted by atomic mass is 79.9. The number of rotatable bonds is 5. The van der Waals surface area contributed by atoms with Crippen LogP contribution in [0.15, 0.2) is 16.9 Å². The molecule has 0 amide bonds. The minimum atomic E-state index is -1.29. The summed E-state index contributed by atoms with van der Waals surface area (Å²) < 4.78 is 12.8. The van der Waals surface area contributed by atoms with E-state index in [2.05, 4.69) is 20.9 Å². The number of benzene rings is 1. The fourth-order valence-corrected chi connectivity index (χ4v) is 3.82. The highest BCUT2D eigenvalue weighted by Crippen LogP contribution is 2.37. The van der Waals surface area contributed by atoms with Gasteiger partial charge in [-0.1, -0.05) is 37.0 Å². The van der Waals surface area contributed by atoms with Crippen LogP contribution >= 0.6 is 39.1 Å². The molecule has 0 spiro atoms. The first-order valence-corrected chi connectivity index (χ1v) is 10.1. The average molecular weight is 497 g/mol. The van der Waals surface area contributed by atoms with Crippen molar-refractivity contribution in [2.24, 2.45) is 11.7 Å². The van der Waals surface area contributed by atoms with Crippen LogP contribution in [0.2, 0.25) is 10.0 Å². The number of aromatic nitrogens is 2. The molecule has 154 valence electrons. The number of imidazole rings is 1. The van der Waals surface area contributed by atoms with Crippen LogP contribution in [0, 0.1) is 5.92 Å². The lowest BCUT2D eigenvalue weighted by molar-refractivity contribution is -0.152. The molecule has 2 aromatic rings. The van der Waals surface area contributed by atoms with Crippen LogP contribution in [0.3, 0.4) is 0 Å². The summed E-state index contributed by atoms with van der Waals surface area (Å²) in [4.78, 5) is 16.3. The highest BCUT2D eigenvalue weighted by molar-refractivity contribution is 9.10. The van der Waals surface area contributed by atoms with Crippen LogP contribution in [0.5, 0.6) is 0 Å². The first kappa shape index (κ1) is 21.8. The molecule has 4 N–H and O–H groups in total. The minimum absolute atomic E-state index is 0.0925. The predicted octanol–water partition coefficient (Wildman–Crippen LogP) is 2.25. The summed E-state index contributed by atoms with van der Waals surface area (Å²) in [6, 6.07) is 2.40. The van der Waals surface area contributed by atoms with Crippen molar-refractivity contribution < 1.29 is 24.5 Å². The molecule has 0 unspecified atom stereocenters. The number of fused-ring (bicyclic) bond motifs is 1. The van der Waals surface area contributed by atoms with Gasteiger partial charge in [0.2, 0.25) is 0 Å². The molecule has 1 saturated heterocycles. The van der Waals surface area contributed by atoms with Gasteiger partial charge in [0.1, 0.15) is 31.0 Å². The van der Waals surface area contributed by atoms with Crippen LogP contribution in [0.4, 0.5) is 0 Å². The van der Waals surface area contributed by atoms with Gasteiger partial charge in [0.25, 0.3) is 0 Å². The fraction of sp³-hybridized carbons (Fsp3) is 0.529. The van der Waals surface area contributed by atoms with E-state index in [1.54, 1.807) is 30.5 Å². The molecule has 3 rings (SSSR count). The normalized spacial score (nSPS) is 26.2. The van der Waals surface area contributed by atoms with Crippen LogP contribution in [0.1, 0.15) is 20.1 Å². The van der Waals surface area contributed by atoms with E-state index in [9.17, 15) is 15.0 Å². The van der Waals surface area contributed by atoms with Crippen LogP contribution < -0.4 is 5.73 Å². The largest absolute Gasteiger partial charge is 0.462 e. The third-order valence-electron chi connectivity index (χ3n) is 4.66. The van der Waals surface area contributed by atoms with Gasteiger partial charge in [-0.15, -0.1) is 0 Å². The Balaban J connectivity index is 1.81. The standard InChI is InChI=1S/C17H20BrCl2N3O5/c1-6(2)12(21)16(26)27-5-11-13(24)14(25)15(28-11)23-10-4-8(20)7(19)3-9(10)22-17(23)18/h3-4,6,11-15,24-25H,5,21H2,1-2H3/t11-,12+,13-,14-,15-/m1/s1. The monoisotopic (exact) mass is 495 g/mol. The first-order chi connectivity index (χ1) is 13.1. The zero-order chi connectivity index (χ0) is 20.7. The second-order valence-electron chi connectivity index (χ2n) is 6.95. The Bertz CT molecular complexity index is 893. The van der Waals surface area contributed by atoms with Crippen molar-refractivity contribution in [2.75, 3.05) is 6.61 Å². The number of carbonyl (C=O) groups is 1. The molecule has 1 aromatic carbocycles. The molecule has 1 aliphatic heterocycles. The van der Waals surface area contributed by atoms with E-state index < -0.39 is 36.6 Å². The van der Waals surface area contributed by atoms with E-state index in [4.69, 9.17) is 38.4 Å². The van der Waals surface area contributed by atoms with Crippen LogP contribution in [0.25, 0.3) is 11.0 Å². The van der Waals surface area contributed by atoms with E-state index in [1.165, 1.54) is 0 Å². The number of aliphatic hydroxyl groups is 2. The van der Waals surface area contributed by atoms with Gasteiger partial charge in [0, 0.05) is 0 Å². The predicted molar refractivity (Wildman–Crippen MR) is 107 cm³/mol. The van der Waals surface area contributed by atoms with Gasteiger partial charge < -0.3 is 25.4 Å². The summed E-state index contributed by atoms with van der Waals surface area (Å²) in [5.41, 5.74) is 6.84. The van der Waals surface area contributed by atoms with Crippen molar-refractivity contribution in [3.63, 3.8) is 0 Å². The van der Waals surface area contributed by atoms with Crippen molar-refractivity contribution in [2.45, 2.75) is 44.4 Å². The van der Waals surface area contributed by atoms with Gasteiger partial charge in [-0.2, -0.15) is 0 Å². The Labute approximate surface area is 179 Å². The third-order valence-corrected chi connectivity index (χ3v) is 5.94. The number of nitrogens with zero attached hydrogens (tertiary/aromatic N) is 2. The quantitative estimate of drug-likeness (QED) is 0.543. The lowest BCUT2D eigenvalue weighted by atomic mass is 10.1. The maximum atomic E-state index is 11.9. The summed E-state index contributed by atoms with van der Waals surface area (Å²) in [6.07, 6.45) is -4.48. The molecular weight excluding hydrogens is 477 g/mol.